The molecule has 4 heterocycles. The number of esters is 1. The van der Waals surface area contributed by atoms with Crippen molar-refractivity contribution in [3.63, 3.8) is 0 Å². The monoisotopic (exact) mass is 527 g/mol. The van der Waals surface area contributed by atoms with E-state index in [1.807, 2.05) is 48.5 Å². The summed E-state index contributed by atoms with van der Waals surface area (Å²) in [4.78, 5) is 37.0. The summed E-state index contributed by atoms with van der Waals surface area (Å²) < 4.78 is 6.25. The molecule has 1 atom stereocenters. The van der Waals surface area contributed by atoms with Crippen LogP contribution in [0.5, 0.6) is 0 Å². The highest BCUT2D eigenvalue weighted by Crippen LogP contribution is 2.35. The molecule has 2 bridgehead atoms. The number of ether oxygens (including phenoxy) is 1. The van der Waals surface area contributed by atoms with Crippen molar-refractivity contribution in [3.8, 4) is 0 Å². The van der Waals surface area contributed by atoms with Gasteiger partial charge in [-0.1, -0.05) is 48.5 Å². The number of piperidine rings is 4. The maximum absolute atomic E-state index is 12.5. The maximum atomic E-state index is 12.5. The van der Waals surface area contributed by atoms with Gasteiger partial charge in [-0.15, -0.1) is 0 Å². The van der Waals surface area contributed by atoms with Crippen LogP contribution in [0.25, 0.3) is 0 Å². The molecule has 2 aromatic rings. The number of benzene rings is 2. The predicted octanol–water partition coefficient (Wildman–Crippen LogP) is 0.434. The molecule has 4 aliphatic heterocycles. The zero-order valence-corrected chi connectivity index (χ0v) is 22.3. The summed E-state index contributed by atoms with van der Waals surface area (Å²) in [7, 11) is 0. The summed E-state index contributed by atoms with van der Waals surface area (Å²) in [5.74, 6) is 0.396. The molecule has 1 amide bonds. The molecule has 4 saturated heterocycles. The first kappa shape index (κ1) is 28.7. The maximum Gasteiger partial charge on any atom is 0.303 e. The van der Waals surface area contributed by atoms with Gasteiger partial charge < -0.3 is 32.3 Å². The van der Waals surface area contributed by atoms with E-state index in [1.54, 1.807) is 0 Å². The average Bonchev–Trinajstić information content (AvgIpc) is 2.90. The van der Waals surface area contributed by atoms with E-state index in [1.165, 1.54) is 12.6 Å². The van der Waals surface area contributed by atoms with Crippen LogP contribution in [0, 0.1) is 11.8 Å². The first-order valence-electron chi connectivity index (χ1n) is 13.1. The number of hydrogen-bond donors (Lipinski definition) is 1. The topological polar surface area (TPSA) is 89.7 Å². The van der Waals surface area contributed by atoms with Crippen molar-refractivity contribution in [2.24, 2.45) is 17.6 Å². The number of nitrogens with two attached hydrogens (primary N) is 1. The van der Waals surface area contributed by atoms with Crippen molar-refractivity contribution in [1.29, 1.82) is 0 Å². The smallest absolute Gasteiger partial charge is 0.303 e. The molecule has 200 valence electrons. The minimum atomic E-state index is -0.207. The quantitative estimate of drug-likeness (QED) is 0.334. The molecule has 0 saturated carbocycles. The van der Waals surface area contributed by atoms with E-state index in [4.69, 9.17) is 10.5 Å². The van der Waals surface area contributed by atoms with Gasteiger partial charge in [-0.2, -0.15) is 0 Å². The highest BCUT2D eigenvalue weighted by atomic mass is 35.5. The summed E-state index contributed by atoms with van der Waals surface area (Å²) in [6.07, 6.45) is 3.86. The van der Waals surface area contributed by atoms with Crippen LogP contribution in [0.4, 0.5) is 5.69 Å². The molecule has 0 radical (unpaired) electrons. The highest BCUT2D eigenvalue weighted by Gasteiger charge is 2.48. The summed E-state index contributed by atoms with van der Waals surface area (Å²) in [5.41, 5.74) is 7.31. The lowest BCUT2D eigenvalue weighted by Gasteiger charge is -2.51. The molecule has 6 rings (SSSR count). The van der Waals surface area contributed by atoms with Crippen LogP contribution in [0.15, 0.2) is 60.7 Å². The number of hydrogen-bond acceptors (Lipinski definition) is 5. The van der Waals surface area contributed by atoms with Crippen molar-refractivity contribution in [1.82, 2.24) is 0 Å². The second-order valence-electron chi connectivity index (χ2n) is 10.4. The van der Waals surface area contributed by atoms with E-state index in [2.05, 4.69) is 17.0 Å². The molecule has 0 spiro atoms. The van der Waals surface area contributed by atoms with Crippen molar-refractivity contribution < 1.29 is 36.0 Å². The number of carbonyl (C=O) groups is 3. The van der Waals surface area contributed by atoms with Crippen LogP contribution in [0.3, 0.4) is 0 Å². The Bertz CT molecular complexity index is 1030. The van der Waals surface area contributed by atoms with Gasteiger partial charge in [0.1, 0.15) is 13.1 Å². The van der Waals surface area contributed by atoms with Crippen LogP contribution in [0.1, 0.15) is 43.0 Å². The fraction of sp³-hybridized carbons (Fsp3) is 0.483. The summed E-state index contributed by atoms with van der Waals surface area (Å²) in [6.45, 7) is 6.70. The number of ketones is 1. The molecule has 0 unspecified atom stereocenters. The average molecular weight is 528 g/mol. The summed E-state index contributed by atoms with van der Waals surface area (Å²) >= 11 is 0. The minimum absolute atomic E-state index is 0. The standard InChI is InChI=1S/C17H22NO3.C12H16N2O.ClH/c1-13(19)21-17-12-18(9-7-15(17)8-10-18)11-16(20)14-5-3-2-4-6-14;13-12(15)10-6-8-14(9-7-10)11-4-2-1-3-5-11;/h2-6,15,17H,7-12H2,1H3;1-5,10H,6-9H2,(H2,13,15);1H/q+1;;/p-1/t15?,17-,18?;;/m0../s1. The predicted molar refractivity (Wildman–Crippen MR) is 139 cm³/mol. The lowest BCUT2D eigenvalue weighted by molar-refractivity contribution is -0.938. The highest BCUT2D eigenvalue weighted by molar-refractivity contribution is 5.96. The van der Waals surface area contributed by atoms with Gasteiger partial charge in [0.2, 0.25) is 11.7 Å². The van der Waals surface area contributed by atoms with Gasteiger partial charge in [0.05, 0.1) is 13.1 Å². The van der Waals surface area contributed by atoms with Gasteiger partial charge in [-0.25, -0.2) is 0 Å². The SMILES string of the molecule is CC(=O)O[C@H]1C[N+]2(CC(=O)c3ccccc3)CCC1CC2.NC(=O)C1CCN(c2ccccc2)CC1.[Cl-]. The van der Waals surface area contributed by atoms with Gasteiger partial charge in [-0.05, 0) is 25.0 Å². The first-order valence-corrected chi connectivity index (χ1v) is 13.1. The summed E-state index contributed by atoms with van der Waals surface area (Å²) in [5, 5.41) is 0. The van der Waals surface area contributed by atoms with Crippen molar-refractivity contribution >= 4 is 23.3 Å². The molecule has 4 fully saturated rings. The van der Waals surface area contributed by atoms with Gasteiger partial charge in [0, 0.05) is 55.9 Å². The molecule has 0 aliphatic carbocycles. The molecule has 37 heavy (non-hydrogen) atoms. The Morgan fingerprint density at radius 3 is 2.03 bits per heavy atom. The molecule has 2 aromatic carbocycles. The Kier molecular flexibility index (Phi) is 10.1. The number of quaternary nitrogens is 1. The Balaban J connectivity index is 0.000000211. The van der Waals surface area contributed by atoms with Gasteiger partial charge in [-0.3, -0.25) is 14.4 Å². The number of primary amides is 1. The van der Waals surface area contributed by atoms with Gasteiger partial charge in [0.15, 0.2) is 6.10 Å². The molecule has 4 aliphatic rings. The number of rotatable bonds is 6. The number of carbonyl (C=O) groups excluding carboxylic acids is 3. The van der Waals surface area contributed by atoms with Gasteiger partial charge >= 0.3 is 5.97 Å². The molecular formula is C29H38ClN3O4. The van der Waals surface area contributed by atoms with Crippen molar-refractivity contribution in [2.75, 3.05) is 44.2 Å². The van der Waals surface area contributed by atoms with Crippen LogP contribution in [-0.2, 0) is 14.3 Å². The van der Waals surface area contributed by atoms with E-state index in [-0.39, 0.29) is 42.1 Å². The molecule has 2 N–H and O–H groups in total. The number of nitrogens with zero attached hydrogens (tertiary/aromatic N) is 2. The van der Waals surface area contributed by atoms with Crippen LogP contribution >= 0.6 is 0 Å². The molecule has 7 nitrogen and oxygen atoms in total. The van der Waals surface area contributed by atoms with Crippen LogP contribution < -0.4 is 23.0 Å². The molecule has 0 aromatic heterocycles. The van der Waals surface area contributed by atoms with E-state index in [9.17, 15) is 14.4 Å². The third-order valence-electron chi connectivity index (χ3n) is 7.95. The zero-order valence-electron chi connectivity index (χ0n) is 21.6. The Morgan fingerprint density at radius 2 is 1.49 bits per heavy atom. The van der Waals surface area contributed by atoms with Crippen molar-refractivity contribution in [3.05, 3.63) is 66.2 Å². The third kappa shape index (κ3) is 7.55. The number of anilines is 1. The lowest BCUT2D eigenvalue weighted by atomic mass is 9.83. The second-order valence-corrected chi connectivity index (χ2v) is 10.4. The second kappa shape index (κ2) is 13.1. The number of Topliss-reactive ketones (excluding diaryl/α,β-unsaturated/α-hetero) is 1. The Labute approximate surface area is 226 Å². The third-order valence-corrected chi connectivity index (χ3v) is 7.95. The fourth-order valence-electron chi connectivity index (χ4n) is 5.87. The number of para-hydroxylation sites is 1. The molecule has 8 heteroatoms. The Hall–Kier alpha value is -2.90. The Morgan fingerprint density at radius 1 is 0.919 bits per heavy atom. The largest absolute Gasteiger partial charge is 1.00 e. The first-order chi connectivity index (χ1) is 17.3. The van der Waals surface area contributed by atoms with E-state index >= 15 is 0 Å². The fourth-order valence-corrected chi connectivity index (χ4v) is 5.87. The number of halogens is 1. The van der Waals surface area contributed by atoms with Crippen LogP contribution in [-0.4, -0.2) is 67.5 Å². The zero-order chi connectivity index (χ0) is 25.5. The van der Waals surface area contributed by atoms with E-state index < -0.39 is 0 Å². The molecular weight excluding hydrogens is 490 g/mol. The van der Waals surface area contributed by atoms with E-state index in [0.717, 1.165) is 68.5 Å². The minimum Gasteiger partial charge on any atom is -1.00 e. The lowest BCUT2D eigenvalue weighted by Crippen LogP contribution is -3.00. The van der Waals surface area contributed by atoms with Gasteiger partial charge in [0.25, 0.3) is 0 Å². The van der Waals surface area contributed by atoms with Crippen molar-refractivity contribution in [2.45, 2.75) is 38.7 Å². The normalized spacial score (nSPS) is 24.7. The van der Waals surface area contributed by atoms with E-state index in [0.29, 0.717) is 12.5 Å². The van der Waals surface area contributed by atoms with Crippen LogP contribution in [0.2, 0.25) is 0 Å². The number of fused-ring (bicyclic) bond motifs is 3. The number of amides is 1. The summed E-state index contributed by atoms with van der Waals surface area (Å²) in [6, 6.07) is 19.8.